The molecule has 1 aliphatic heterocycles. The van der Waals surface area contributed by atoms with Gasteiger partial charge in [0.1, 0.15) is 17.8 Å². The van der Waals surface area contributed by atoms with Gasteiger partial charge in [-0.05, 0) is 47.1 Å². The SMILES string of the molecule is CN(CCOCCN(CCOCCN(C)C(=O)OC(C)(C)C)C(=O)N1CCN(C(=O)OCc2ccccc2)CC1)C(=O)OC(C)(C)C. The molecule has 0 atom stereocenters. The van der Waals surface area contributed by atoms with E-state index >= 15 is 0 Å². The summed E-state index contributed by atoms with van der Waals surface area (Å²) >= 11 is 0. The maximum atomic E-state index is 13.5. The van der Waals surface area contributed by atoms with Crippen molar-refractivity contribution in [2.75, 3.05) is 92.9 Å². The van der Waals surface area contributed by atoms with E-state index in [-0.39, 0.29) is 39.1 Å². The van der Waals surface area contributed by atoms with E-state index in [4.69, 9.17) is 23.7 Å². The van der Waals surface area contributed by atoms with E-state index in [1.807, 2.05) is 30.3 Å². The maximum Gasteiger partial charge on any atom is 0.410 e. The second kappa shape index (κ2) is 19.1. The van der Waals surface area contributed by atoms with Crippen molar-refractivity contribution in [2.45, 2.75) is 59.4 Å². The number of benzene rings is 1. The Morgan fingerprint density at radius 1 is 0.660 bits per heavy atom. The number of carbonyl (C=O) groups excluding carboxylic acids is 4. The van der Waals surface area contributed by atoms with Crippen molar-refractivity contribution >= 4 is 24.3 Å². The summed E-state index contributed by atoms with van der Waals surface area (Å²) in [5.74, 6) is 0. The maximum absolute atomic E-state index is 13.5. The number of ether oxygens (including phenoxy) is 5. The van der Waals surface area contributed by atoms with Crippen molar-refractivity contribution in [3.8, 4) is 0 Å². The Morgan fingerprint density at radius 3 is 1.53 bits per heavy atom. The van der Waals surface area contributed by atoms with Crippen molar-refractivity contribution in [1.29, 1.82) is 0 Å². The number of hydrogen-bond acceptors (Lipinski definition) is 9. The van der Waals surface area contributed by atoms with Crippen LogP contribution in [0, 0.1) is 0 Å². The average Bonchev–Trinajstić information content (AvgIpc) is 3.00. The smallest absolute Gasteiger partial charge is 0.410 e. The Balaban J connectivity index is 1.85. The van der Waals surface area contributed by atoms with E-state index < -0.39 is 29.5 Å². The minimum atomic E-state index is -0.589. The molecular weight excluding hydrogens is 610 g/mol. The molecule has 0 radical (unpaired) electrons. The zero-order valence-corrected chi connectivity index (χ0v) is 29.5. The zero-order chi connectivity index (χ0) is 35.0. The molecule has 47 heavy (non-hydrogen) atoms. The standard InChI is InChI=1S/C33H55N5O9/c1-32(2,3)46-29(40)34(7)18-22-43-24-20-37(21-25-44-23-19-35(8)30(41)47-33(4,5)6)28(39)36-14-16-38(17-15-36)31(42)45-26-27-12-10-9-11-13-27/h9-13H,14-26H2,1-8H3. The summed E-state index contributed by atoms with van der Waals surface area (Å²) in [5, 5.41) is 0. The third-order valence-electron chi connectivity index (χ3n) is 6.85. The summed E-state index contributed by atoms with van der Waals surface area (Å²) in [6, 6.07) is 9.28. The van der Waals surface area contributed by atoms with Crippen LogP contribution in [0.2, 0.25) is 0 Å². The fourth-order valence-electron chi connectivity index (χ4n) is 4.21. The average molecular weight is 666 g/mol. The number of likely N-dealkylation sites (N-methyl/N-ethyl adjacent to an activating group) is 2. The Hall–Kier alpha value is -3.78. The first-order valence-corrected chi connectivity index (χ1v) is 16.1. The molecule has 1 saturated heterocycles. The van der Waals surface area contributed by atoms with Gasteiger partial charge in [0.2, 0.25) is 0 Å². The van der Waals surface area contributed by atoms with Crippen molar-refractivity contribution in [3.63, 3.8) is 0 Å². The summed E-state index contributed by atoms with van der Waals surface area (Å²) < 4.78 is 27.7. The number of piperazine rings is 1. The Morgan fingerprint density at radius 2 is 1.09 bits per heavy atom. The quantitative estimate of drug-likeness (QED) is 0.213. The van der Waals surface area contributed by atoms with E-state index in [2.05, 4.69) is 0 Å². The monoisotopic (exact) mass is 665 g/mol. The van der Waals surface area contributed by atoms with Gasteiger partial charge in [-0.3, -0.25) is 0 Å². The number of carbonyl (C=O) groups is 4. The highest BCUT2D eigenvalue weighted by molar-refractivity contribution is 5.75. The Labute approximate surface area is 279 Å². The second-order valence-electron chi connectivity index (χ2n) is 13.3. The van der Waals surface area contributed by atoms with E-state index in [0.29, 0.717) is 52.4 Å². The molecule has 0 aliphatic carbocycles. The second-order valence-corrected chi connectivity index (χ2v) is 13.3. The van der Waals surface area contributed by atoms with Gasteiger partial charge in [0.05, 0.1) is 26.4 Å². The first kappa shape index (κ1) is 39.4. The van der Waals surface area contributed by atoms with Crippen LogP contribution in [0.5, 0.6) is 0 Å². The molecule has 266 valence electrons. The van der Waals surface area contributed by atoms with E-state index in [1.165, 1.54) is 9.80 Å². The van der Waals surface area contributed by atoms with Crippen LogP contribution in [-0.2, 0) is 30.3 Å². The van der Waals surface area contributed by atoms with Crippen LogP contribution in [0.1, 0.15) is 47.1 Å². The first-order valence-electron chi connectivity index (χ1n) is 16.1. The molecule has 1 aromatic rings. The fourth-order valence-corrected chi connectivity index (χ4v) is 4.21. The van der Waals surface area contributed by atoms with E-state index in [1.54, 1.807) is 70.3 Å². The molecular formula is C33H55N5O9. The normalized spacial score (nSPS) is 13.5. The predicted molar refractivity (Wildman–Crippen MR) is 176 cm³/mol. The molecule has 0 aromatic heterocycles. The van der Waals surface area contributed by atoms with E-state index in [0.717, 1.165) is 5.56 Å². The lowest BCUT2D eigenvalue weighted by Crippen LogP contribution is -2.55. The minimum Gasteiger partial charge on any atom is -0.445 e. The van der Waals surface area contributed by atoms with Gasteiger partial charge in [0.25, 0.3) is 0 Å². The van der Waals surface area contributed by atoms with E-state index in [9.17, 15) is 19.2 Å². The number of rotatable bonds is 14. The van der Waals surface area contributed by atoms with Crippen LogP contribution in [0.3, 0.4) is 0 Å². The Kier molecular flexibility index (Phi) is 16.0. The Bertz CT molecular complexity index is 1070. The van der Waals surface area contributed by atoms with Crippen LogP contribution in [0.25, 0.3) is 0 Å². The summed E-state index contributed by atoms with van der Waals surface area (Å²) in [6.45, 7) is 14.8. The fraction of sp³-hybridized carbons (Fsp3) is 0.697. The van der Waals surface area contributed by atoms with Gasteiger partial charge in [0, 0.05) is 66.5 Å². The molecule has 0 saturated carbocycles. The van der Waals surface area contributed by atoms with Gasteiger partial charge in [-0.15, -0.1) is 0 Å². The molecule has 0 N–H and O–H groups in total. The molecule has 0 unspecified atom stereocenters. The summed E-state index contributed by atoms with van der Waals surface area (Å²) in [5.41, 5.74) is -0.273. The van der Waals surface area contributed by atoms with Crippen LogP contribution in [0.15, 0.2) is 30.3 Å². The van der Waals surface area contributed by atoms with Gasteiger partial charge in [-0.2, -0.15) is 0 Å². The van der Waals surface area contributed by atoms with Gasteiger partial charge in [0.15, 0.2) is 0 Å². The minimum absolute atomic E-state index is 0.188. The number of hydrogen-bond donors (Lipinski definition) is 0. The van der Waals surface area contributed by atoms with Crippen LogP contribution >= 0.6 is 0 Å². The highest BCUT2D eigenvalue weighted by Gasteiger charge is 2.28. The first-order chi connectivity index (χ1) is 22.1. The largest absolute Gasteiger partial charge is 0.445 e. The van der Waals surface area contributed by atoms with Gasteiger partial charge < -0.3 is 48.2 Å². The van der Waals surface area contributed by atoms with Crippen LogP contribution in [-0.4, -0.2) is 153 Å². The molecule has 1 aliphatic rings. The molecule has 2 rings (SSSR count). The zero-order valence-electron chi connectivity index (χ0n) is 29.5. The lowest BCUT2D eigenvalue weighted by atomic mass is 10.2. The molecule has 5 amide bonds. The number of urea groups is 1. The van der Waals surface area contributed by atoms with Crippen LogP contribution < -0.4 is 0 Å². The topological polar surface area (TPSA) is 131 Å². The lowest BCUT2D eigenvalue weighted by molar-refractivity contribution is 0.0198. The third-order valence-corrected chi connectivity index (χ3v) is 6.85. The van der Waals surface area contributed by atoms with Crippen molar-refractivity contribution < 1.29 is 42.9 Å². The van der Waals surface area contributed by atoms with Gasteiger partial charge in [-0.25, -0.2) is 19.2 Å². The number of nitrogens with zero attached hydrogens (tertiary/aromatic N) is 5. The summed E-state index contributed by atoms with van der Waals surface area (Å²) in [4.78, 5) is 58.4. The highest BCUT2D eigenvalue weighted by Crippen LogP contribution is 2.12. The molecule has 1 fully saturated rings. The summed E-state index contributed by atoms with van der Waals surface area (Å²) in [6.07, 6.45) is -1.28. The lowest BCUT2D eigenvalue weighted by Gasteiger charge is -2.37. The summed E-state index contributed by atoms with van der Waals surface area (Å²) in [7, 11) is 3.28. The van der Waals surface area contributed by atoms with Gasteiger partial charge >= 0.3 is 24.3 Å². The highest BCUT2D eigenvalue weighted by atomic mass is 16.6. The molecule has 0 bridgehead atoms. The number of amides is 5. The van der Waals surface area contributed by atoms with Crippen LogP contribution in [0.4, 0.5) is 19.2 Å². The molecule has 14 heteroatoms. The predicted octanol–water partition coefficient (Wildman–Crippen LogP) is 4.13. The molecule has 14 nitrogen and oxygen atoms in total. The third kappa shape index (κ3) is 16.1. The molecule has 1 heterocycles. The van der Waals surface area contributed by atoms with Crippen molar-refractivity contribution in [3.05, 3.63) is 35.9 Å². The van der Waals surface area contributed by atoms with Gasteiger partial charge in [-0.1, -0.05) is 30.3 Å². The molecule has 0 spiro atoms. The van der Waals surface area contributed by atoms with Crippen molar-refractivity contribution in [1.82, 2.24) is 24.5 Å². The van der Waals surface area contributed by atoms with Crippen molar-refractivity contribution in [2.24, 2.45) is 0 Å². The molecule has 1 aromatic carbocycles.